The van der Waals surface area contributed by atoms with Crippen LogP contribution >= 0.6 is 0 Å². The van der Waals surface area contributed by atoms with Gasteiger partial charge >= 0.3 is 5.97 Å². The Hall–Kier alpha value is -2.26. The summed E-state index contributed by atoms with van der Waals surface area (Å²) in [6, 6.07) is 6.18. The second-order valence-corrected chi connectivity index (χ2v) is 8.34. The number of benzene rings is 1. The number of rotatable bonds is 6. The predicted octanol–water partition coefficient (Wildman–Crippen LogP) is 2.94. The molecule has 170 valence electrons. The molecule has 2 aliphatic heterocycles. The molecule has 0 bridgehead atoms. The SMILES string of the molecule is COCON1C(=O)C(c2cc(C)ccc2C)=CC12CCN(OC)CC2.O=C(O)C1CC1. The van der Waals surface area contributed by atoms with E-state index in [-0.39, 0.29) is 18.6 Å². The number of amides is 1. The number of aryl methyl sites for hydroxylation is 2. The van der Waals surface area contributed by atoms with Gasteiger partial charge in [0.15, 0.2) is 6.79 Å². The van der Waals surface area contributed by atoms with Gasteiger partial charge in [0.2, 0.25) is 0 Å². The number of carboxylic acids is 1. The van der Waals surface area contributed by atoms with E-state index in [9.17, 15) is 9.59 Å². The van der Waals surface area contributed by atoms with E-state index >= 15 is 0 Å². The summed E-state index contributed by atoms with van der Waals surface area (Å²) >= 11 is 0. The fourth-order valence-electron chi connectivity index (χ4n) is 3.95. The lowest BCUT2D eigenvalue weighted by atomic mass is 9.87. The van der Waals surface area contributed by atoms with E-state index < -0.39 is 11.5 Å². The van der Waals surface area contributed by atoms with Gasteiger partial charge in [-0.15, -0.1) is 0 Å². The lowest BCUT2D eigenvalue weighted by Crippen LogP contribution is -2.53. The number of carbonyl (C=O) groups is 2. The number of piperidine rings is 1. The molecule has 31 heavy (non-hydrogen) atoms. The maximum absolute atomic E-state index is 13.1. The van der Waals surface area contributed by atoms with Crippen molar-refractivity contribution in [2.75, 3.05) is 34.1 Å². The number of carbonyl (C=O) groups excluding carboxylic acids is 1. The lowest BCUT2D eigenvalue weighted by Gasteiger charge is -2.41. The molecular weight excluding hydrogens is 400 g/mol. The van der Waals surface area contributed by atoms with Gasteiger partial charge in [0.25, 0.3) is 5.91 Å². The highest BCUT2D eigenvalue weighted by molar-refractivity contribution is 6.22. The van der Waals surface area contributed by atoms with Crippen molar-refractivity contribution in [3.8, 4) is 0 Å². The molecule has 1 N–H and O–H groups in total. The number of aliphatic carboxylic acids is 1. The molecule has 1 amide bonds. The number of hydroxylamine groups is 4. The van der Waals surface area contributed by atoms with Gasteiger partial charge in [0.1, 0.15) is 0 Å². The first kappa shape index (κ1) is 23.4. The average molecular weight is 433 g/mol. The summed E-state index contributed by atoms with van der Waals surface area (Å²) in [4.78, 5) is 33.9. The summed E-state index contributed by atoms with van der Waals surface area (Å²) in [5.74, 6) is -0.711. The Labute approximate surface area is 183 Å². The first-order valence-corrected chi connectivity index (χ1v) is 10.6. The summed E-state index contributed by atoms with van der Waals surface area (Å²) in [5.41, 5.74) is 3.46. The van der Waals surface area contributed by atoms with Gasteiger partial charge < -0.3 is 14.7 Å². The van der Waals surface area contributed by atoms with Crippen LogP contribution in [0.3, 0.4) is 0 Å². The first-order valence-electron chi connectivity index (χ1n) is 10.6. The summed E-state index contributed by atoms with van der Waals surface area (Å²) in [7, 11) is 3.23. The van der Waals surface area contributed by atoms with E-state index in [0.29, 0.717) is 5.57 Å². The smallest absolute Gasteiger partial charge is 0.306 e. The molecule has 1 saturated heterocycles. The molecular formula is C23H32N2O6. The Morgan fingerprint density at radius 3 is 2.39 bits per heavy atom. The summed E-state index contributed by atoms with van der Waals surface area (Å²) < 4.78 is 5.04. The molecule has 0 radical (unpaired) electrons. The molecule has 8 heteroatoms. The van der Waals surface area contributed by atoms with Crippen LogP contribution in [-0.4, -0.2) is 66.8 Å². The Bertz CT molecular complexity index is 840. The Balaban J connectivity index is 0.000000391. The van der Waals surface area contributed by atoms with Crippen molar-refractivity contribution in [2.24, 2.45) is 5.92 Å². The van der Waals surface area contributed by atoms with Gasteiger partial charge in [0.05, 0.1) is 18.6 Å². The highest BCUT2D eigenvalue weighted by atomic mass is 16.8. The summed E-state index contributed by atoms with van der Waals surface area (Å²) in [6.45, 7) is 5.60. The second kappa shape index (κ2) is 9.91. The molecule has 0 aromatic heterocycles. The van der Waals surface area contributed by atoms with Crippen molar-refractivity contribution in [3.05, 3.63) is 41.0 Å². The Kier molecular flexibility index (Phi) is 7.48. The number of methoxy groups -OCH3 is 1. The third-order valence-corrected chi connectivity index (χ3v) is 5.99. The molecule has 0 unspecified atom stereocenters. The number of carboxylic acid groups (broad SMARTS) is 1. The number of ether oxygens (including phenoxy) is 1. The van der Waals surface area contributed by atoms with E-state index in [1.54, 1.807) is 14.2 Å². The van der Waals surface area contributed by atoms with Gasteiger partial charge in [-0.1, -0.05) is 23.8 Å². The molecule has 2 fully saturated rings. The van der Waals surface area contributed by atoms with Crippen molar-refractivity contribution in [1.29, 1.82) is 0 Å². The largest absolute Gasteiger partial charge is 0.481 e. The van der Waals surface area contributed by atoms with E-state index in [0.717, 1.165) is 55.5 Å². The zero-order valence-corrected chi connectivity index (χ0v) is 18.7. The normalized spacial score (nSPS) is 20.5. The van der Waals surface area contributed by atoms with Crippen LogP contribution in [0.4, 0.5) is 0 Å². The van der Waals surface area contributed by atoms with Gasteiger partial charge in [-0.3, -0.25) is 9.59 Å². The van der Waals surface area contributed by atoms with E-state index in [1.807, 2.05) is 18.9 Å². The van der Waals surface area contributed by atoms with Crippen molar-refractivity contribution < 1.29 is 29.1 Å². The van der Waals surface area contributed by atoms with Gasteiger partial charge in [-0.2, -0.15) is 5.06 Å². The quantitative estimate of drug-likeness (QED) is 0.692. The second-order valence-electron chi connectivity index (χ2n) is 8.34. The Morgan fingerprint density at radius 2 is 1.87 bits per heavy atom. The van der Waals surface area contributed by atoms with E-state index in [2.05, 4.69) is 24.3 Å². The molecule has 0 atom stereocenters. The minimum atomic E-state index is -0.630. The summed E-state index contributed by atoms with van der Waals surface area (Å²) in [5, 5.41) is 11.5. The van der Waals surface area contributed by atoms with Crippen LogP contribution in [0.5, 0.6) is 0 Å². The fraction of sp³-hybridized carbons (Fsp3) is 0.565. The predicted molar refractivity (Wildman–Crippen MR) is 115 cm³/mol. The Morgan fingerprint density at radius 1 is 1.19 bits per heavy atom. The molecule has 1 aromatic carbocycles. The minimum absolute atomic E-state index is 0.0185. The number of hydrogen-bond donors (Lipinski definition) is 1. The standard InChI is InChI=1S/C19H26N2O4.C4H6O2/c1-14-5-6-15(2)16(11-14)17-12-19(7-9-20(24-4)10-8-19)21(18(17)22)25-13-23-3;5-4(6)3-1-2-3/h5-6,11-12H,7-10,13H2,1-4H3;3H,1-2H2,(H,5,6). The fourth-order valence-corrected chi connectivity index (χ4v) is 3.95. The third kappa shape index (κ3) is 5.33. The van der Waals surface area contributed by atoms with Crippen LogP contribution < -0.4 is 0 Å². The van der Waals surface area contributed by atoms with Crippen molar-refractivity contribution in [1.82, 2.24) is 10.1 Å². The van der Waals surface area contributed by atoms with E-state index in [4.69, 9.17) is 19.5 Å². The molecule has 3 aliphatic rings. The molecule has 1 spiro atoms. The summed E-state index contributed by atoms with van der Waals surface area (Å²) in [6.07, 6.45) is 5.39. The minimum Gasteiger partial charge on any atom is -0.481 e. The molecule has 2 heterocycles. The van der Waals surface area contributed by atoms with Crippen molar-refractivity contribution in [3.63, 3.8) is 0 Å². The van der Waals surface area contributed by atoms with Crippen LogP contribution in [-0.2, 0) is 24.0 Å². The van der Waals surface area contributed by atoms with Gasteiger partial charge in [-0.05, 0) is 56.7 Å². The van der Waals surface area contributed by atoms with E-state index in [1.165, 1.54) is 5.06 Å². The zero-order valence-electron chi connectivity index (χ0n) is 18.7. The molecule has 1 aromatic rings. The monoisotopic (exact) mass is 432 g/mol. The zero-order chi connectivity index (χ0) is 22.6. The van der Waals surface area contributed by atoms with Crippen molar-refractivity contribution in [2.45, 2.75) is 45.1 Å². The average Bonchev–Trinajstić information content (AvgIpc) is 3.57. The highest BCUT2D eigenvalue weighted by Gasteiger charge is 2.48. The van der Waals surface area contributed by atoms with Crippen LogP contribution in [0.2, 0.25) is 0 Å². The van der Waals surface area contributed by atoms with Crippen LogP contribution in [0.1, 0.15) is 42.4 Å². The lowest BCUT2D eigenvalue weighted by molar-refractivity contribution is -0.254. The van der Waals surface area contributed by atoms with Gasteiger partial charge in [0, 0.05) is 25.8 Å². The maximum Gasteiger partial charge on any atom is 0.306 e. The molecule has 1 aliphatic carbocycles. The van der Waals surface area contributed by atoms with Crippen LogP contribution in [0.25, 0.3) is 5.57 Å². The van der Waals surface area contributed by atoms with Crippen LogP contribution in [0.15, 0.2) is 24.3 Å². The highest BCUT2D eigenvalue weighted by Crippen LogP contribution is 2.41. The van der Waals surface area contributed by atoms with Crippen LogP contribution in [0, 0.1) is 19.8 Å². The molecule has 4 rings (SSSR count). The maximum atomic E-state index is 13.1. The third-order valence-electron chi connectivity index (χ3n) is 5.99. The van der Waals surface area contributed by atoms with Crippen molar-refractivity contribution >= 4 is 17.4 Å². The number of hydrogen-bond acceptors (Lipinski definition) is 6. The topological polar surface area (TPSA) is 88.5 Å². The molecule has 8 nitrogen and oxygen atoms in total. The molecule has 1 saturated carbocycles. The van der Waals surface area contributed by atoms with Gasteiger partial charge in [-0.25, -0.2) is 9.90 Å². The first-order chi connectivity index (χ1) is 14.8. The number of nitrogens with zero attached hydrogens (tertiary/aromatic N) is 2.